The number of hydrogen-bond donors (Lipinski definition) is 0. The second kappa shape index (κ2) is 5.20. The fourth-order valence-corrected chi connectivity index (χ4v) is 1.04. The largest absolute Gasteiger partial charge is 0.285 e. The zero-order chi connectivity index (χ0) is 7.28. The van der Waals surface area contributed by atoms with Crippen LogP contribution in [0.5, 0.6) is 0 Å². The van der Waals surface area contributed by atoms with Gasteiger partial charge in [-0.15, -0.1) is 0 Å². The Hall–Kier alpha value is 0.390. The molecular formula is C7H18NP. The zero-order valence-electron chi connectivity index (χ0n) is 6.72. The van der Waals surface area contributed by atoms with Crippen LogP contribution < -0.4 is 0 Å². The summed E-state index contributed by atoms with van der Waals surface area (Å²) in [5.41, 5.74) is 0. The van der Waals surface area contributed by atoms with Gasteiger partial charge in [-0.3, -0.25) is 4.67 Å². The highest BCUT2D eigenvalue weighted by molar-refractivity contribution is 7.13. The van der Waals surface area contributed by atoms with E-state index in [-0.39, 0.29) is 0 Å². The Morgan fingerprint density at radius 3 is 2.33 bits per heavy atom. The van der Waals surface area contributed by atoms with Crippen molar-refractivity contribution in [3.8, 4) is 0 Å². The van der Waals surface area contributed by atoms with Gasteiger partial charge in [0, 0.05) is 6.04 Å². The molecule has 1 nitrogen and oxygen atoms in total. The van der Waals surface area contributed by atoms with Gasteiger partial charge in [-0.2, -0.15) is 0 Å². The van der Waals surface area contributed by atoms with Gasteiger partial charge >= 0.3 is 0 Å². The highest BCUT2D eigenvalue weighted by Gasteiger charge is 2.03. The van der Waals surface area contributed by atoms with Crippen LogP contribution in [0.2, 0.25) is 0 Å². The summed E-state index contributed by atoms with van der Waals surface area (Å²) < 4.78 is 2.30. The van der Waals surface area contributed by atoms with E-state index in [9.17, 15) is 0 Å². The van der Waals surface area contributed by atoms with Crippen molar-refractivity contribution in [3.05, 3.63) is 0 Å². The Morgan fingerprint density at radius 1 is 1.44 bits per heavy atom. The summed E-state index contributed by atoms with van der Waals surface area (Å²) in [7, 11) is 2.76. The highest BCUT2D eigenvalue weighted by atomic mass is 31.0. The molecule has 56 valence electrons. The predicted octanol–water partition coefficient (Wildman–Crippen LogP) is 2.29. The van der Waals surface area contributed by atoms with Crippen molar-refractivity contribution in [2.45, 2.75) is 39.7 Å². The van der Waals surface area contributed by atoms with Crippen LogP contribution in [0.4, 0.5) is 0 Å². The molecule has 0 amide bonds. The second-order valence-corrected chi connectivity index (χ2v) is 3.13. The molecule has 0 heterocycles. The van der Waals surface area contributed by atoms with E-state index in [1.54, 1.807) is 0 Å². The van der Waals surface area contributed by atoms with Gasteiger partial charge in [-0.25, -0.2) is 0 Å². The van der Waals surface area contributed by atoms with Crippen LogP contribution in [-0.4, -0.2) is 17.3 Å². The van der Waals surface area contributed by atoms with Crippen molar-refractivity contribution in [1.29, 1.82) is 0 Å². The Labute approximate surface area is 61.1 Å². The molecule has 0 spiro atoms. The third-order valence-corrected chi connectivity index (χ3v) is 2.51. The van der Waals surface area contributed by atoms with Gasteiger partial charge in [0.25, 0.3) is 0 Å². The lowest BCUT2D eigenvalue weighted by atomic mass is 10.2. The van der Waals surface area contributed by atoms with Crippen LogP contribution >= 0.6 is 9.39 Å². The Morgan fingerprint density at radius 2 is 2.00 bits per heavy atom. The minimum atomic E-state index is 0.727. The number of rotatable bonds is 4. The van der Waals surface area contributed by atoms with Gasteiger partial charge in [0.05, 0.1) is 0 Å². The first-order chi connectivity index (χ1) is 4.22. The fraction of sp³-hybridized carbons (Fsp3) is 1.00. The maximum Gasteiger partial charge on any atom is 0.0101 e. The lowest BCUT2D eigenvalue weighted by Gasteiger charge is -2.21. The molecule has 2 heteroatoms. The summed E-state index contributed by atoms with van der Waals surface area (Å²) in [6, 6.07) is 0.727. The Kier molecular flexibility index (Phi) is 5.42. The molecule has 0 radical (unpaired) electrons. The molecule has 0 rings (SSSR count). The average molecular weight is 147 g/mol. The number of hydrogen-bond acceptors (Lipinski definition) is 1. The van der Waals surface area contributed by atoms with Crippen LogP contribution in [0.25, 0.3) is 0 Å². The van der Waals surface area contributed by atoms with Crippen LogP contribution in [0, 0.1) is 0 Å². The average Bonchev–Trinajstić information content (AvgIpc) is 1.87. The Bertz CT molecular complexity index is 65.9. The molecule has 0 aliphatic carbocycles. The topological polar surface area (TPSA) is 3.24 Å². The smallest absolute Gasteiger partial charge is 0.0101 e. The number of nitrogens with zero attached hydrogens (tertiary/aromatic N) is 1. The van der Waals surface area contributed by atoms with E-state index >= 15 is 0 Å². The first-order valence-electron chi connectivity index (χ1n) is 3.73. The van der Waals surface area contributed by atoms with Gasteiger partial charge in [0.1, 0.15) is 0 Å². The van der Waals surface area contributed by atoms with Crippen molar-refractivity contribution in [2.24, 2.45) is 0 Å². The molecule has 2 atom stereocenters. The summed E-state index contributed by atoms with van der Waals surface area (Å²) in [5, 5.41) is 0. The molecule has 0 saturated carbocycles. The standard InChI is InChI=1S/C7H18NP/c1-4-6-7(3)8(9)5-2/h7H,4-6,9H2,1-3H3. The summed E-state index contributed by atoms with van der Waals surface area (Å²) in [5.74, 6) is 0. The first kappa shape index (κ1) is 9.39. The molecule has 0 fully saturated rings. The van der Waals surface area contributed by atoms with E-state index in [2.05, 4.69) is 34.8 Å². The SMILES string of the molecule is CCCC(C)N(P)CC. The molecule has 0 aliphatic heterocycles. The lowest BCUT2D eigenvalue weighted by Crippen LogP contribution is -2.22. The van der Waals surface area contributed by atoms with E-state index in [1.807, 2.05) is 0 Å². The summed E-state index contributed by atoms with van der Waals surface area (Å²) >= 11 is 0. The first-order valence-corrected chi connectivity index (χ1v) is 4.25. The summed E-state index contributed by atoms with van der Waals surface area (Å²) in [4.78, 5) is 0. The quantitative estimate of drug-likeness (QED) is 0.551. The monoisotopic (exact) mass is 147 g/mol. The normalized spacial score (nSPS) is 14.3. The van der Waals surface area contributed by atoms with Crippen molar-refractivity contribution < 1.29 is 0 Å². The molecule has 0 aliphatic rings. The predicted molar refractivity (Wildman–Crippen MR) is 46.5 cm³/mol. The third kappa shape index (κ3) is 3.89. The highest BCUT2D eigenvalue weighted by Crippen LogP contribution is 2.09. The molecule has 9 heavy (non-hydrogen) atoms. The van der Waals surface area contributed by atoms with Crippen molar-refractivity contribution in [1.82, 2.24) is 4.67 Å². The molecule has 0 aromatic rings. The van der Waals surface area contributed by atoms with E-state index in [0.717, 1.165) is 12.6 Å². The van der Waals surface area contributed by atoms with Crippen molar-refractivity contribution >= 4 is 9.39 Å². The molecule has 2 unspecified atom stereocenters. The van der Waals surface area contributed by atoms with Gasteiger partial charge in [0.2, 0.25) is 0 Å². The van der Waals surface area contributed by atoms with E-state index in [1.165, 1.54) is 12.8 Å². The van der Waals surface area contributed by atoms with E-state index in [4.69, 9.17) is 0 Å². The molecule has 0 aromatic carbocycles. The minimum absolute atomic E-state index is 0.727. The molecule has 0 bridgehead atoms. The summed E-state index contributed by atoms with van der Waals surface area (Å²) in [6.45, 7) is 7.80. The minimum Gasteiger partial charge on any atom is -0.285 e. The molecular weight excluding hydrogens is 129 g/mol. The second-order valence-electron chi connectivity index (χ2n) is 2.47. The molecule has 0 N–H and O–H groups in total. The third-order valence-electron chi connectivity index (χ3n) is 1.64. The van der Waals surface area contributed by atoms with Crippen LogP contribution in [0.3, 0.4) is 0 Å². The maximum atomic E-state index is 2.76. The van der Waals surface area contributed by atoms with E-state index in [0.29, 0.717) is 0 Å². The van der Waals surface area contributed by atoms with Crippen LogP contribution in [-0.2, 0) is 0 Å². The van der Waals surface area contributed by atoms with Crippen molar-refractivity contribution in [3.63, 3.8) is 0 Å². The zero-order valence-corrected chi connectivity index (χ0v) is 7.88. The molecule has 0 aromatic heterocycles. The van der Waals surface area contributed by atoms with Crippen LogP contribution in [0.1, 0.15) is 33.6 Å². The van der Waals surface area contributed by atoms with E-state index < -0.39 is 0 Å². The summed E-state index contributed by atoms with van der Waals surface area (Å²) in [6.07, 6.45) is 2.59. The Balaban J connectivity index is 3.32. The van der Waals surface area contributed by atoms with Gasteiger partial charge in [-0.05, 0) is 19.9 Å². The lowest BCUT2D eigenvalue weighted by molar-refractivity contribution is 0.366. The van der Waals surface area contributed by atoms with Crippen LogP contribution in [0.15, 0.2) is 0 Å². The maximum absolute atomic E-state index is 2.76. The van der Waals surface area contributed by atoms with Gasteiger partial charge in [-0.1, -0.05) is 29.7 Å². The van der Waals surface area contributed by atoms with Gasteiger partial charge < -0.3 is 0 Å². The molecule has 0 saturated heterocycles. The van der Waals surface area contributed by atoms with Crippen molar-refractivity contribution in [2.75, 3.05) is 6.54 Å². The fourth-order valence-electron chi connectivity index (χ4n) is 0.895. The van der Waals surface area contributed by atoms with Gasteiger partial charge in [0.15, 0.2) is 0 Å².